The van der Waals surface area contributed by atoms with E-state index in [0.29, 0.717) is 70.6 Å². The SMILES string of the molecule is Cc1cc(Nc2ncnc3cnc4c(c23)OC[C@H]2CN4CCN2C(=O)OC(C)(C)C)c(F)cc1Oc1ccn2ncnc2c1. The van der Waals surface area contributed by atoms with Crippen molar-refractivity contribution in [3.63, 3.8) is 0 Å². The Bertz CT molecular complexity index is 1910. The van der Waals surface area contributed by atoms with E-state index in [1.165, 1.54) is 18.7 Å². The minimum atomic E-state index is -0.608. The summed E-state index contributed by atoms with van der Waals surface area (Å²) in [5.74, 6) is 1.79. The van der Waals surface area contributed by atoms with E-state index in [-0.39, 0.29) is 24.4 Å². The van der Waals surface area contributed by atoms with Gasteiger partial charge >= 0.3 is 6.09 Å². The molecule has 13 nitrogen and oxygen atoms in total. The van der Waals surface area contributed by atoms with E-state index in [0.717, 1.165) is 0 Å². The predicted octanol–water partition coefficient (Wildman–Crippen LogP) is 4.87. The molecule has 1 fully saturated rings. The quantitative estimate of drug-likeness (QED) is 0.303. The van der Waals surface area contributed by atoms with Crippen LogP contribution < -0.4 is 19.7 Å². The molecule has 2 aliphatic rings. The summed E-state index contributed by atoms with van der Waals surface area (Å²) in [6.45, 7) is 9.11. The van der Waals surface area contributed by atoms with Crippen molar-refractivity contribution in [3.8, 4) is 17.2 Å². The summed E-state index contributed by atoms with van der Waals surface area (Å²) in [6.07, 6.45) is 5.83. The van der Waals surface area contributed by atoms with Gasteiger partial charge < -0.3 is 24.4 Å². The van der Waals surface area contributed by atoms with E-state index in [1.807, 2.05) is 27.7 Å². The van der Waals surface area contributed by atoms with Crippen molar-refractivity contribution < 1.29 is 23.4 Å². The molecule has 44 heavy (non-hydrogen) atoms. The Labute approximate surface area is 251 Å². The van der Waals surface area contributed by atoms with Crippen LogP contribution in [0.4, 0.5) is 26.5 Å². The van der Waals surface area contributed by atoms with Gasteiger partial charge in [-0.05, 0) is 45.4 Å². The van der Waals surface area contributed by atoms with E-state index in [1.54, 1.807) is 40.0 Å². The predicted molar refractivity (Wildman–Crippen MR) is 159 cm³/mol. The Morgan fingerprint density at radius 2 is 1.98 bits per heavy atom. The molecule has 0 saturated carbocycles. The average Bonchev–Trinajstić information content (AvgIpc) is 3.40. The van der Waals surface area contributed by atoms with Crippen molar-refractivity contribution in [3.05, 3.63) is 60.7 Å². The lowest BCUT2D eigenvalue weighted by atomic mass is 10.1. The maximum absolute atomic E-state index is 15.5. The second kappa shape index (κ2) is 10.5. The number of nitrogens with zero attached hydrogens (tertiary/aromatic N) is 8. The summed E-state index contributed by atoms with van der Waals surface area (Å²) in [7, 11) is 0. The molecule has 0 radical (unpaired) electrons. The van der Waals surface area contributed by atoms with E-state index in [2.05, 4.69) is 35.3 Å². The van der Waals surface area contributed by atoms with Crippen LogP contribution in [0.2, 0.25) is 0 Å². The van der Waals surface area contributed by atoms with Crippen molar-refractivity contribution in [2.45, 2.75) is 39.3 Å². The molecule has 5 aromatic rings. The molecule has 4 aromatic heterocycles. The molecule has 7 rings (SSSR count). The lowest BCUT2D eigenvalue weighted by Gasteiger charge is -2.39. The van der Waals surface area contributed by atoms with Gasteiger partial charge in [-0.1, -0.05) is 0 Å². The zero-order valence-corrected chi connectivity index (χ0v) is 24.6. The first-order chi connectivity index (χ1) is 21.1. The number of hydrogen-bond acceptors (Lipinski definition) is 11. The Kier molecular flexibility index (Phi) is 6.56. The minimum absolute atomic E-state index is 0.206. The number of carbonyl (C=O) groups excluding carboxylic acids is 1. The Morgan fingerprint density at radius 3 is 2.82 bits per heavy atom. The maximum atomic E-state index is 15.5. The van der Waals surface area contributed by atoms with Gasteiger partial charge in [0.1, 0.15) is 48.0 Å². The van der Waals surface area contributed by atoms with E-state index in [4.69, 9.17) is 14.2 Å². The summed E-state index contributed by atoms with van der Waals surface area (Å²) >= 11 is 0. The van der Waals surface area contributed by atoms with Crippen LogP contribution in [0.3, 0.4) is 0 Å². The molecule has 1 saturated heterocycles. The molecule has 226 valence electrons. The average molecular weight is 600 g/mol. The van der Waals surface area contributed by atoms with Gasteiger partial charge in [-0.3, -0.25) is 4.90 Å². The molecule has 1 N–H and O–H groups in total. The van der Waals surface area contributed by atoms with Crippen LogP contribution >= 0.6 is 0 Å². The Morgan fingerprint density at radius 1 is 1.11 bits per heavy atom. The molecule has 2 bridgehead atoms. The highest BCUT2D eigenvalue weighted by atomic mass is 19.1. The highest BCUT2D eigenvalue weighted by Crippen LogP contribution is 2.41. The highest BCUT2D eigenvalue weighted by molar-refractivity contribution is 5.98. The van der Waals surface area contributed by atoms with Crippen LogP contribution in [0.5, 0.6) is 17.2 Å². The zero-order chi connectivity index (χ0) is 30.6. The first kappa shape index (κ1) is 27.6. The van der Waals surface area contributed by atoms with Crippen LogP contribution in [0, 0.1) is 12.7 Å². The molecule has 1 aromatic carbocycles. The first-order valence-electron chi connectivity index (χ1n) is 14.2. The van der Waals surface area contributed by atoms with Gasteiger partial charge in [0.15, 0.2) is 17.2 Å². The third-order valence-electron chi connectivity index (χ3n) is 7.44. The number of anilines is 3. The summed E-state index contributed by atoms with van der Waals surface area (Å²) < 4.78 is 35.1. The maximum Gasteiger partial charge on any atom is 0.410 e. The lowest BCUT2D eigenvalue weighted by molar-refractivity contribution is 0.00979. The number of aromatic nitrogens is 6. The number of ether oxygens (including phenoxy) is 3. The van der Waals surface area contributed by atoms with Crippen LogP contribution in [0.1, 0.15) is 26.3 Å². The van der Waals surface area contributed by atoms with Gasteiger partial charge in [-0.15, -0.1) is 0 Å². The number of hydrogen-bond donors (Lipinski definition) is 1. The number of aryl methyl sites for hydroxylation is 1. The lowest BCUT2D eigenvalue weighted by Crippen LogP contribution is -2.57. The molecule has 1 amide bonds. The second-order valence-corrected chi connectivity index (χ2v) is 11.7. The molecule has 14 heteroatoms. The van der Waals surface area contributed by atoms with E-state index < -0.39 is 11.4 Å². The molecule has 0 spiro atoms. The van der Waals surface area contributed by atoms with Gasteiger partial charge in [0.2, 0.25) is 0 Å². The summed E-state index contributed by atoms with van der Waals surface area (Å²) in [5.41, 5.74) is 1.44. The molecular weight excluding hydrogens is 569 g/mol. The van der Waals surface area contributed by atoms with Gasteiger partial charge in [0.25, 0.3) is 0 Å². The zero-order valence-electron chi connectivity index (χ0n) is 24.6. The minimum Gasteiger partial charge on any atom is -0.487 e. The van der Waals surface area contributed by atoms with Gasteiger partial charge in [-0.25, -0.2) is 33.6 Å². The topological polar surface area (TPSA) is 132 Å². The first-order valence-corrected chi connectivity index (χ1v) is 14.2. The summed E-state index contributed by atoms with van der Waals surface area (Å²) in [6, 6.07) is 6.19. The van der Waals surface area contributed by atoms with Gasteiger partial charge in [0.05, 0.1) is 28.8 Å². The fourth-order valence-electron chi connectivity index (χ4n) is 5.38. The van der Waals surface area contributed by atoms with Crippen molar-refractivity contribution in [1.29, 1.82) is 0 Å². The molecule has 2 aliphatic heterocycles. The number of nitrogens with one attached hydrogen (secondary N) is 1. The number of pyridine rings is 2. The Balaban J connectivity index is 1.18. The fraction of sp³-hybridized carbons (Fsp3) is 0.333. The standard InChI is InChI=1S/C30H30FN9O4/c1-17-9-21(20(31)11-23(17)43-19-5-6-40-24(10-19)34-16-36-40)37-27-25-22(33-15-35-27)12-32-28-26(25)42-14-18-13-38(28)7-8-39(18)29(41)44-30(2,3)4/h5-6,9-12,15-16,18H,7-8,13-14H2,1-4H3,(H,33,35,37)/t18-/m1/s1. The Hall–Kier alpha value is -5.27. The van der Waals surface area contributed by atoms with E-state index >= 15 is 4.39 Å². The van der Waals surface area contributed by atoms with Crippen LogP contribution in [0.15, 0.2) is 49.3 Å². The van der Waals surface area contributed by atoms with Crippen LogP contribution in [-0.4, -0.2) is 78.4 Å². The fourth-order valence-corrected chi connectivity index (χ4v) is 5.38. The third kappa shape index (κ3) is 5.12. The van der Waals surface area contributed by atoms with Crippen molar-refractivity contribution in [2.75, 3.05) is 36.5 Å². The molecule has 0 unspecified atom stereocenters. The van der Waals surface area contributed by atoms with Crippen molar-refractivity contribution >= 4 is 40.0 Å². The number of piperazine rings is 1. The summed E-state index contributed by atoms with van der Waals surface area (Å²) in [4.78, 5) is 34.4. The molecule has 0 aliphatic carbocycles. The summed E-state index contributed by atoms with van der Waals surface area (Å²) in [5, 5.41) is 7.78. The van der Waals surface area contributed by atoms with E-state index in [9.17, 15) is 4.79 Å². The van der Waals surface area contributed by atoms with Crippen molar-refractivity contribution in [2.24, 2.45) is 0 Å². The normalized spacial score (nSPS) is 16.3. The number of benzene rings is 1. The monoisotopic (exact) mass is 599 g/mol. The van der Waals surface area contributed by atoms with Gasteiger partial charge in [-0.2, -0.15) is 5.10 Å². The smallest absolute Gasteiger partial charge is 0.410 e. The number of amides is 1. The molecule has 1 atom stereocenters. The van der Waals surface area contributed by atoms with Crippen LogP contribution in [-0.2, 0) is 4.74 Å². The number of carbonyl (C=O) groups is 1. The van der Waals surface area contributed by atoms with Crippen LogP contribution in [0.25, 0.3) is 16.6 Å². The molecular formula is C30H30FN9O4. The second-order valence-electron chi connectivity index (χ2n) is 11.7. The highest BCUT2D eigenvalue weighted by Gasteiger charge is 2.38. The molecule has 6 heterocycles. The number of fused-ring (bicyclic) bond motifs is 7. The number of rotatable bonds is 4. The third-order valence-corrected chi connectivity index (χ3v) is 7.44. The van der Waals surface area contributed by atoms with Crippen molar-refractivity contribution in [1.82, 2.24) is 34.4 Å². The van der Waals surface area contributed by atoms with Gasteiger partial charge in [0, 0.05) is 38.0 Å². The largest absolute Gasteiger partial charge is 0.487 e. The number of halogens is 1.